The molecule has 7 nitrogen and oxygen atoms in total. The Morgan fingerprint density at radius 1 is 0.872 bits per heavy atom. The van der Waals surface area contributed by atoms with E-state index in [1.807, 2.05) is 97.1 Å². The smallest absolute Gasteiger partial charge is 0.266 e. The van der Waals surface area contributed by atoms with Gasteiger partial charge < -0.3 is 14.6 Å². The lowest BCUT2D eigenvalue weighted by molar-refractivity contribution is -0.129. The number of rotatable bonds is 10. The standard InChI is InChI=1S/C32H31N3O4/c33-35-31(37)32(22-23-8-3-1-4-9-23)29(26-14-12-25(13-15-26)24-10-5-2-6-11-24)39-30(34-32)27-16-18-28(19-17-27)38-21-7-20-36/h1-6,8-19,29,36H,7,20-22,33H2,(H,35,37)/t29-,32-/m0/s1. The van der Waals surface area contributed by atoms with Gasteiger partial charge in [-0.3, -0.25) is 10.2 Å². The first kappa shape index (κ1) is 26.2. The molecule has 1 aliphatic heterocycles. The van der Waals surface area contributed by atoms with Gasteiger partial charge in [0.1, 0.15) is 5.75 Å². The van der Waals surface area contributed by atoms with Crippen molar-refractivity contribution in [2.75, 3.05) is 13.2 Å². The maximum atomic E-state index is 13.5. The molecule has 0 saturated carbocycles. The van der Waals surface area contributed by atoms with E-state index in [1.54, 1.807) is 0 Å². The van der Waals surface area contributed by atoms with Crippen molar-refractivity contribution >= 4 is 11.8 Å². The highest BCUT2D eigenvalue weighted by molar-refractivity contribution is 6.01. The number of amides is 1. The third kappa shape index (κ3) is 5.70. The minimum Gasteiger partial charge on any atom is -0.494 e. The summed E-state index contributed by atoms with van der Waals surface area (Å²) in [4.78, 5) is 18.5. The average Bonchev–Trinajstić information content (AvgIpc) is 3.38. The highest BCUT2D eigenvalue weighted by Crippen LogP contribution is 2.43. The van der Waals surface area contributed by atoms with Crippen LogP contribution in [0.1, 0.15) is 29.2 Å². The Kier molecular flexibility index (Phi) is 8.01. The summed E-state index contributed by atoms with van der Waals surface area (Å²) < 4.78 is 12.1. The summed E-state index contributed by atoms with van der Waals surface area (Å²) in [6.45, 7) is 0.494. The molecular formula is C32H31N3O4. The molecule has 0 aliphatic carbocycles. The molecule has 1 aliphatic rings. The Hall–Kier alpha value is -4.46. The first-order valence-electron chi connectivity index (χ1n) is 12.9. The number of aliphatic hydroxyl groups excluding tert-OH is 1. The molecule has 0 bridgehead atoms. The molecule has 1 amide bonds. The zero-order valence-electron chi connectivity index (χ0n) is 21.5. The molecule has 0 radical (unpaired) electrons. The maximum absolute atomic E-state index is 13.5. The Morgan fingerprint density at radius 2 is 1.49 bits per heavy atom. The van der Waals surface area contributed by atoms with E-state index in [-0.39, 0.29) is 6.61 Å². The van der Waals surface area contributed by atoms with Crippen LogP contribution in [0.5, 0.6) is 5.75 Å². The van der Waals surface area contributed by atoms with Crippen LogP contribution in [-0.4, -0.2) is 35.7 Å². The number of ether oxygens (including phenoxy) is 2. The van der Waals surface area contributed by atoms with E-state index in [4.69, 9.17) is 25.4 Å². The number of benzene rings is 4. The second-order valence-electron chi connectivity index (χ2n) is 9.41. The molecule has 7 heteroatoms. The number of hydrogen-bond acceptors (Lipinski definition) is 6. The molecule has 0 unspecified atom stereocenters. The number of carbonyl (C=O) groups excluding carboxylic acids is 1. The van der Waals surface area contributed by atoms with Crippen molar-refractivity contribution in [1.82, 2.24) is 5.43 Å². The van der Waals surface area contributed by atoms with Crippen LogP contribution in [0.2, 0.25) is 0 Å². The zero-order valence-corrected chi connectivity index (χ0v) is 21.5. The van der Waals surface area contributed by atoms with Gasteiger partial charge in [-0.2, -0.15) is 0 Å². The van der Waals surface area contributed by atoms with Gasteiger partial charge in [0.15, 0.2) is 11.6 Å². The quantitative estimate of drug-likeness (QED) is 0.122. The van der Waals surface area contributed by atoms with Gasteiger partial charge in [0.25, 0.3) is 5.91 Å². The number of aliphatic hydroxyl groups is 1. The molecule has 4 aromatic rings. The fraction of sp³-hybridized carbons (Fsp3) is 0.188. The third-order valence-corrected chi connectivity index (χ3v) is 6.80. The highest BCUT2D eigenvalue weighted by Gasteiger charge is 2.53. The van der Waals surface area contributed by atoms with Gasteiger partial charge in [0.05, 0.1) is 6.61 Å². The van der Waals surface area contributed by atoms with Crippen LogP contribution in [0.15, 0.2) is 114 Å². The van der Waals surface area contributed by atoms with E-state index in [0.717, 1.165) is 27.8 Å². The Bertz CT molecular complexity index is 1410. The number of aliphatic imine (C=N–C) groups is 1. The van der Waals surface area contributed by atoms with Gasteiger partial charge in [-0.15, -0.1) is 0 Å². The molecule has 4 aromatic carbocycles. The highest BCUT2D eigenvalue weighted by atomic mass is 16.5. The maximum Gasteiger partial charge on any atom is 0.266 e. The van der Waals surface area contributed by atoms with Crippen LogP contribution < -0.4 is 16.0 Å². The summed E-state index contributed by atoms with van der Waals surface area (Å²) in [5, 5.41) is 8.99. The first-order chi connectivity index (χ1) is 19.1. The largest absolute Gasteiger partial charge is 0.494 e. The van der Waals surface area contributed by atoms with Crippen LogP contribution in [0, 0.1) is 0 Å². The normalized spacial score (nSPS) is 18.2. The van der Waals surface area contributed by atoms with Crippen LogP contribution in [0.4, 0.5) is 0 Å². The van der Waals surface area contributed by atoms with E-state index >= 15 is 0 Å². The molecule has 0 spiro atoms. The molecule has 0 aromatic heterocycles. The third-order valence-electron chi connectivity index (χ3n) is 6.80. The number of nitrogens with one attached hydrogen (secondary N) is 1. The lowest BCUT2D eigenvalue weighted by Crippen LogP contribution is -2.52. The molecule has 2 atom stereocenters. The van der Waals surface area contributed by atoms with E-state index in [2.05, 4.69) is 17.6 Å². The number of nitrogens with two attached hydrogens (primary N) is 1. The van der Waals surface area contributed by atoms with Crippen molar-refractivity contribution < 1.29 is 19.4 Å². The van der Waals surface area contributed by atoms with E-state index < -0.39 is 17.6 Å². The summed E-state index contributed by atoms with van der Waals surface area (Å²) >= 11 is 0. The molecule has 1 heterocycles. The zero-order chi connectivity index (χ0) is 27.1. The van der Waals surface area contributed by atoms with Gasteiger partial charge in [-0.1, -0.05) is 84.9 Å². The number of nitrogens with zero attached hydrogens (tertiary/aromatic N) is 1. The van der Waals surface area contributed by atoms with Gasteiger partial charge in [-0.05, 0) is 46.5 Å². The predicted octanol–water partition coefficient (Wildman–Crippen LogP) is 4.60. The molecule has 5 rings (SSSR count). The Labute approximate surface area is 227 Å². The van der Waals surface area contributed by atoms with Crippen molar-refractivity contribution in [3.63, 3.8) is 0 Å². The topological polar surface area (TPSA) is 106 Å². The van der Waals surface area contributed by atoms with Gasteiger partial charge >= 0.3 is 0 Å². The summed E-state index contributed by atoms with van der Waals surface area (Å²) in [7, 11) is 0. The van der Waals surface area contributed by atoms with E-state index in [1.165, 1.54) is 0 Å². The fourth-order valence-corrected chi connectivity index (χ4v) is 4.80. The molecule has 39 heavy (non-hydrogen) atoms. The minimum absolute atomic E-state index is 0.0726. The van der Waals surface area contributed by atoms with Gasteiger partial charge in [0.2, 0.25) is 5.90 Å². The van der Waals surface area contributed by atoms with Crippen molar-refractivity contribution in [3.8, 4) is 16.9 Å². The summed E-state index contributed by atoms with van der Waals surface area (Å²) in [5.74, 6) is 6.34. The van der Waals surface area contributed by atoms with Crippen molar-refractivity contribution in [2.45, 2.75) is 24.5 Å². The van der Waals surface area contributed by atoms with E-state index in [0.29, 0.717) is 31.1 Å². The monoisotopic (exact) mass is 521 g/mol. The molecular weight excluding hydrogens is 490 g/mol. The first-order valence-corrected chi connectivity index (χ1v) is 12.9. The number of carbonyl (C=O) groups is 1. The lowest BCUT2D eigenvalue weighted by Gasteiger charge is -2.30. The summed E-state index contributed by atoms with van der Waals surface area (Å²) in [6, 6.07) is 35.2. The van der Waals surface area contributed by atoms with Gasteiger partial charge in [0, 0.05) is 25.0 Å². The Balaban J connectivity index is 1.52. The lowest BCUT2D eigenvalue weighted by atomic mass is 9.82. The van der Waals surface area contributed by atoms with Gasteiger partial charge in [-0.25, -0.2) is 10.8 Å². The Morgan fingerprint density at radius 3 is 2.13 bits per heavy atom. The second-order valence-corrected chi connectivity index (χ2v) is 9.41. The predicted molar refractivity (Wildman–Crippen MR) is 151 cm³/mol. The van der Waals surface area contributed by atoms with Crippen LogP contribution in [-0.2, 0) is 16.0 Å². The number of hydrogen-bond donors (Lipinski definition) is 3. The second kappa shape index (κ2) is 11.9. The van der Waals surface area contributed by atoms with Crippen LogP contribution in [0.3, 0.4) is 0 Å². The summed E-state index contributed by atoms with van der Waals surface area (Å²) in [5.41, 5.74) is 5.66. The van der Waals surface area contributed by atoms with E-state index in [9.17, 15) is 4.79 Å². The molecule has 198 valence electrons. The molecule has 4 N–H and O–H groups in total. The van der Waals surface area contributed by atoms with Crippen molar-refractivity contribution in [2.24, 2.45) is 10.8 Å². The summed E-state index contributed by atoms with van der Waals surface area (Å²) in [6.07, 6.45) is 0.147. The van der Waals surface area contributed by atoms with Crippen molar-refractivity contribution in [1.29, 1.82) is 0 Å². The van der Waals surface area contributed by atoms with Crippen LogP contribution >= 0.6 is 0 Å². The molecule has 0 saturated heterocycles. The minimum atomic E-state index is -1.32. The van der Waals surface area contributed by atoms with Crippen molar-refractivity contribution in [3.05, 3.63) is 126 Å². The van der Waals surface area contributed by atoms with Crippen LogP contribution in [0.25, 0.3) is 11.1 Å². The number of hydrazine groups is 1. The SMILES string of the molecule is NNC(=O)[C@@]1(Cc2ccccc2)N=C(c2ccc(OCCCO)cc2)O[C@H]1c1ccc(-c2ccccc2)cc1. The molecule has 0 fully saturated rings. The average molecular weight is 522 g/mol. The fourth-order valence-electron chi connectivity index (χ4n) is 4.80.